The summed E-state index contributed by atoms with van der Waals surface area (Å²) >= 11 is 0. The molecule has 186 valence electrons. The van der Waals surface area contributed by atoms with E-state index in [1.54, 1.807) is 0 Å². The molecule has 0 saturated carbocycles. The molecule has 0 fully saturated rings. The van der Waals surface area contributed by atoms with Gasteiger partial charge in [0.05, 0.1) is 98.9 Å². The van der Waals surface area contributed by atoms with Gasteiger partial charge < -0.3 is 19.2 Å². The minimum atomic E-state index is -1.06. The van der Waals surface area contributed by atoms with Gasteiger partial charge in [-0.15, -0.1) is 0 Å². The van der Waals surface area contributed by atoms with Crippen LogP contribution >= 0.6 is 0 Å². The fourth-order valence-corrected chi connectivity index (χ4v) is 3.81. The van der Waals surface area contributed by atoms with Crippen LogP contribution in [0.25, 0.3) is 0 Å². The molecule has 8 nitrogen and oxygen atoms in total. The van der Waals surface area contributed by atoms with Crippen molar-refractivity contribution in [2.45, 2.75) is 55.4 Å². The Balaban J connectivity index is 0. The van der Waals surface area contributed by atoms with Gasteiger partial charge in [-0.1, -0.05) is 11.5 Å². The van der Waals surface area contributed by atoms with Crippen molar-refractivity contribution in [3.8, 4) is 35.8 Å². The van der Waals surface area contributed by atoms with Gasteiger partial charge in [-0.3, -0.25) is 0 Å². The molecule has 0 aliphatic rings. The second kappa shape index (κ2) is 16.3. The van der Waals surface area contributed by atoms with Crippen LogP contribution in [0, 0.1) is 45.3 Å². The first-order valence-electron chi connectivity index (χ1n) is 12.0. The van der Waals surface area contributed by atoms with Gasteiger partial charge in [0, 0.05) is 0 Å². The number of benzene rings is 1. The zero-order chi connectivity index (χ0) is 26.9. The highest BCUT2D eigenvalue weighted by Gasteiger charge is 2.17. The van der Waals surface area contributed by atoms with Crippen molar-refractivity contribution in [2.75, 3.05) is 52.4 Å². The van der Waals surface area contributed by atoms with Crippen LogP contribution in [0.2, 0.25) is 0 Å². The first-order chi connectivity index (χ1) is 16.1. The molecule has 0 spiro atoms. The van der Waals surface area contributed by atoms with Gasteiger partial charge in [0.15, 0.2) is 0 Å². The highest BCUT2D eigenvalue weighted by molar-refractivity contribution is 5.71. The van der Waals surface area contributed by atoms with Crippen molar-refractivity contribution >= 4 is 0 Å². The van der Waals surface area contributed by atoms with E-state index in [4.69, 9.17) is 21.0 Å². The lowest BCUT2D eigenvalue weighted by Gasteiger charge is -2.34. The van der Waals surface area contributed by atoms with Crippen molar-refractivity contribution in [3.05, 3.63) is 22.3 Å². The van der Waals surface area contributed by atoms with Gasteiger partial charge in [0.1, 0.15) is 0 Å². The summed E-state index contributed by atoms with van der Waals surface area (Å²) in [6, 6.07) is 5.54. The Morgan fingerprint density at radius 1 is 0.441 bits per heavy atom. The quantitative estimate of drug-likeness (QED) is 0.537. The van der Waals surface area contributed by atoms with Gasteiger partial charge in [0.25, 0.3) is 0 Å². The van der Waals surface area contributed by atoms with Crippen molar-refractivity contribution in [3.63, 3.8) is 0 Å². The van der Waals surface area contributed by atoms with E-state index in [9.17, 15) is 10.2 Å². The zero-order valence-corrected chi connectivity index (χ0v) is 22.2. The number of hydrogen-bond acceptors (Lipinski definition) is 6. The molecule has 1 aromatic rings. The smallest absolute Gasteiger partial charge is 0.0999 e. The fourth-order valence-electron chi connectivity index (χ4n) is 3.81. The van der Waals surface area contributed by atoms with E-state index in [0.29, 0.717) is 0 Å². The highest BCUT2D eigenvalue weighted by atomic mass is 16.3. The Labute approximate surface area is 206 Å². The van der Waals surface area contributed by atoms with E-state index < -0.39 is 33.8 Å². The number of nitrogens with zero attached hydrogens (tertiary/aromatic N) is 6. The normalized spacial score (nSPS) is 10.2. The van der Waals surface area contributed by atoms with Crippen molar-refractivity contribution in [1.82, 2.24) is 0 Å². The third-order valence-corrected chi connectivity index (χ3v) is 7.22. The number of quaternary nitrogens is 2. The Bertz CT molecular complexity index is 771. The van der Waals surface area contributed by atoms with Crippen LogP contribution in [-0.2, 0) is 0 Å². The van der Waals surface area contributed by atoms with Gasteiger partial charge in [0.2, 0.25) is 0 Å². The number of nitriles is 4. The maximum atomic E-state index is 11.5. The molecule has 0 aliphatic carbocycles. The minimum absolute atomic E-state index is 0.692. The molecule has 0 aromatic heterocycles. The summed E-state index contributed by atoms with van der Waals surface area (Å²) in [7, 11) is 0. The minimum Gasteiger partial charge on any atom is -0.871 e. The Morgan fingerprint density at radius 3 is 0.647 bits per heavy atom. The molecule has 0 bridgehead atoms. The van der Waals surface area contributed by atoms with Gasteiger partial charge in [-0.2, -0.15) is 21.0 Å². The molecule has 0 atom stereocenters. The Kier molecular flexibility index (Phi) is 15.8. The van der Waals surface area contributed by atoms with Crippen LogP contribution in [0.3, 0.4) is 0 Å². The Morgan fingerprint density at radius 2 is 0.588 bits per heavy atom. The molecule has 0 N–H and O–H groups in total. The average molecular weight is 469 g/mol. The average Bonchev–Trinajstić information content (AvgIpc) is 2.88. The van der Waals surface area contributed by atoms with Gasteiger partial charge >= 0.3 is 0 Å². The second-order valence-electron chi connectivity index (χ2n) is 7.82. The molecule has 0 unspecified atom stereocenters. The largest absolute Gasteiger partial charge is 0.871 e. The van der Waals surface area contributed by atoms with Gasteiger partial charge in [-0.05, 0) is 55.4 Å². The molecule has 1 aromatic carbocycles. The summed E-state index contributed by atoms with van der Waals surface area (Å²) in [6.45, 7) is 28.4. The summed E-state index contributed by atoms with van der Waals surface area (Å²) < 4.78 is 2.56. The monoisotopic (exact) mass is 468 g/mol. The molecule has 0 amide bonds. The lowest BCUT2D eigenvalue weighted by molar-refractivity contribution is -0.921. The second-order valence-corrected chi connectivity index (χ2v) is 7.82. The van der Waals surface area contributed by atoms with Crippen LogP contribution in [0.1, 0.15) is 77.6 Å². The molecular formula is C26H40N6O2. The SMILES string of the molecule is CC[N+](CC)(CC)CC.CC[N+](CC)(CC)CC.N#Cc1c([O-])c(C#N)c(C#N)c([O-])c1C#N. The molecule has 1 rings (SSSR count). The van der Waals surface area contributed by atoms with E-state index in [-0.39, 0.29) is 0 Å². The van der Waals surface area contributed by atoms with Crippen LogP contribution in [0.5, 0.6) is 11.5 Å². The summed E-state index contributed by atoms with van der Waals surface area (Å²) in [6.07, 6.45) is 0. The summed E-state index contributed by atoms with van der Waals surface area (Å²) in [5.74, 6) is -2.12. The summed E-state index contributed by atoms with van der Waals surface area (Å²) in [4.78, 5) is 0. The maximum absolute atomic E-state index is 11.5. The molecule has 8 heteroatoms. The lowest BCUT2D eigenvalue weighted by Crippen LogP contribution is -2.47. The third-order valence-electron chi connectivity index (χ3n) is 7.22. The van der Waals surface area contributed by atoms with Crippen molar-refractivity contribution in [2.24, 2.45) is 0 Å². The molecule has 0 saturated heterocycles. The van der Waals surface area contributed by atoms with E-state index >= 15 is 0 Å². The molecule has 0 radical (unpaired) electrons. The van der Waals surface area contributed by atoms with E-state index in [1.165, 1.54) is 85.6 Å². The van der Waals surface area contributed by atoms with E-state index in [1.807, 2.05) is 0 Å². The zero-order valence-electron chi connectivity index (χ0n) is 22.2. The predicted molar refractivity (Wildman–Crippen MR) is 129 cm³/mol. The van der Waals surface area contributed by atoms with Crippen LogP contribution in [0.15, 0.2) is 0 Å². The standard InChI is InChI=1S/C10H2N4O2.2C8H20N/c11-1-5-6(2-12)10(16)8(4-14)7(3-13)9(5)15;2*1-5-9(6-2,7-3)8-4/h15-16H;2*5-8H2,1-4H3/q;2*+1/p-2. The Hall–Kier alpha value is -3.30. The number of rotatable bonds is 8. The first kappa shape index (κ1) is 32.9. The topological polar surface area (TPSA) is 141 Å². The summed E-state index contributed by atoms with van der Waals surface area (Å²) in [5.41, 5.74) is -2.77. The fraction of sp³-hybridized carbons (Fsp3) is 0.615. The first-order valence-corrected chi connectivity index (χ1v) is 12.0. The molecular weight excluding hydrogens is 428 g/mol. The predicted octanol–water partition coefficient (Wildman–Crippen LogP) is 3.09. The third kappa shape index (κ3) is 7.93. The molecule has 0 aliphatic heterocycles. The molecule has 0 heterocycles. The van der Waals surface area contributed by atoms with Crippen molar-refractivity contribution in [1.29, 1.82) is 21.0 Å². The van der Waals surface area contributed by atoms with E-state index in [2.05, 4.69) is 55.4 Å². The summed E-state index contributed by atoms with van der Waals surface area (Å²) in [5, 5.41) is 57.3. The van der Waals surface area contributed by atoms with Crippen LogP contribution in [0.4, 0.5) is 0 Å². The lowest BCUT2D eigenvalue weighted by atomic mass is 9.97. The highest BCUT2D eigenvalue weighted by Crippen LogP contribution is 2.32. The van der Waals surface area contributed by atoms with E-state index in [0.717, 1.165) is 0 Å². The number of hydrogen-bond donors (Lipinski definition) is 0. The van der Waals surface area contributed by atoms with Crippen molar-refractivity contribution < 1.29 is 19.2 Å². The maximum Gasteiger partial charge on any atom is 0.0999 e. The van der Waals surface area contributed by atoms with Crippen LogP contribution in [-0.4, -0.2) is 61.3 Å². The van der Waals surface area contributed by atoms with Crippen LogP contribution < -0.4 is 10.2 Å². The molecule has 34 heavy (non-hydrogen) atoms. The van der Waals surface area contributed by atoms with Gasteiger partial charge in [-0.25, -0.2) is 0 Å².